The number of carbonyl (C=O) groups is 1. The second-order valence-corrected chi connectivity index (χ2v) is 7.80. The zero-order valence-electron chi connectivity index (χ0n) is 18.9. The van der Waals surface area contributed by atoms with Crippen molar-refractivity contribution in [2.75, 3.05) is 61.0 Å². The van der Waals surface area contributed by atoms with E-state index in [2.05, 4.69) is 25.4 Å². The summed E-state index contributed by atoms with van der Waals surface area (Å²) >= 11 is 0. The van der Waals surface area contributed by atoms with Crippen molar-refractivity contribution >= 4 is 35.8 Å². The van der Waals surface area contributed by atoms with E-state index >= 15 is 0 Å². The average molecular weight is 533 g/mol. The van der Waals surface area contributed by atoms with Crippen molar-refractivity contribution in [3.05, 3.63) is 23.8 Å². The number of benzene rings is 1. The van der Waals surface area contributed by atoms with Crippen LogP contribution in [-0.2, 0) is 11.3 Å². The topological polar surface area (TPSA) is 78.4 Å². The van der Waals surface area contributed by atoms with E-state index in [4.69, 9.17) is 9.47 Å². The number of carbonyl (C=O) groups excluding carboxylic acids is 1. The molecule has 1 amide bonds. The molecule has 0 aliphatic carbocycles. The average Bonchev–Trinajstić information content (AvgIpc) is 2.74. The highest BCUT2D eigenvalue weighted by atomic mass is 127. The summed E-state index contributed by atoms with van der Waals surface area (Å²) in [6.45, 7) is 8.75. The van der Waals surface area contributed by atoms with Crippen LogP contribution in [-0.4, -0.2) is 82.7 Å². The molecule has 30 heavy (non-hydrogen) atoms. The Morgan fingerprint density at radius 1 is 1.17 bits per heavy atom. The molecule has 1 heterocycles. The number of methoxy groups -OCH3 is 2. The Bertz CT molecular complexity index is 719. The normalized spacial score (nSPS) is 15.3. The first-order valence-electron chi connectivity index (χ1n) is 9.95. The van der Waals surface area contributed by atoms with E-state index in [1.165, 1.54) is 0 Å². The largest absolute Gasteiger partial charge is 0.497 e. The first kappa shape index (κ1) is 26.3. The van der Waals surface area contributed by atoms with E-state index in [0.29, 0.717) is 6.54 Å². The lowest BCUT2D eigenvalue weighted by atomic mass is 9.92. The van der Waals surface area contributed by atoms with Crippen molar-refractivity contribution in [1.29, 1.82) is 0 Å². The fraction of sp³-hybridized carbons (Fsp3) is 0.619. The van der Waals surface area contributed by atoms with Gasteiger partial charge < -0.3 is 25.0 Å². The number of piperazine rings is 1. The van der Waals surface area contributed by atoms with Crippen LogP contribution in [0.3, 0.4) is 0 Å². The minimum absolute atomic E-state index is 0. The number of aliphatic imine (C=N–C) groups is 1. The monoisotopic (exact) mass is 533 g/mol. The third kappa shape index (κ3) is 6.90. The maximum atomic E-state index is 12.0. The van der Waals surface area contributed by atoms with E-state index in [1.807, 2.05) is 32.0 Å². The van der Waals surface area contributed by atoms with E-state index in [0.717, 1.165) is 55.7 Å². The van der Waals surface area contributed by atoms with E-state index in [-0.39, 0.29) is 29.9 Å². The minimum Gasteiger partial charge on any atom is -0.497 e. The van der Waals surface area contributed by atoms with Crippen molar-refractivity contribution in [3.8, 4) is 11.5 Å². The summed E-state index contributed by atoms with van der Waals surface area (Å²) < 4.78 is 10.9. The van der Waals surface area contributed by atoms with E-state index in [1.54, 1.807) is 28.3 Å². The fourth-order valence-corrected chi connectivity index (χ4v) is 3.42. The van der Waals surface area contributed by atoms with Crippen LogP contribution >= 0.6 is 24.0 Å². The first-order valence-corrected chi connectivity index (χ1v) is 9.95. The summed E-state index contributed by atoms with van der Waals surface area (Å²) in [5.41, 5.74) is 0.616. The predicted molar refractivity (Wildman–Crippen MR) is 131 cm³/mol. The summed E-state index contributed by atoms with van der Waals surface area (Å²) in [4.78, 5) is 21.0. The molecule has 0 atom stereocenters. The Hall–Kier alpha value is -1.75. The molecule has 0 unspecified atom stereocenters. The standard InChI is InChI=1S/C21H35N5O3.HI/c1-21(2,19(27)22-3)15-24-20(23-4)26-11-9-25(10-12-26)14-16-13-17(28-5)7-8-18(16)29-6;/h7-8,13H,9-12,14-15H2,1-6H3,(H,22,27)(H,23,24);1H. The molecule has 1 aliphatic heterocycles. The summed E-state index contributed by atoms with van der Waals surface area (Å²) in [5, 5.41) is 6.07. The van der Waals surface area contributed by atoms with Crippen LogP contribution in [0.4, 0.5) is 0 Å². The van der Waals surface area contributed by atoms with Crippen LogP contribution in [0.5, 0.6) is 11.5 Å². The lowest BCUT2D eigenvalue weighted by Crippen LogP contribution is -2.54. The molecular formula is C21H36IN5O3. The second-order valence-electron chi connectivity index (χ2n) is 7.80. The van der Waals surface area contributed by atoms with Crippen LogP contribution in [0.15, 0.2) is 23.2 Å². The van der Waals surface area contributed by atoms with Gasteiger partial charge in [-0.15, -0.1) is 24.0 Å². The first-order chi connectivity index (χ1) is 13.8. The minimum atomic E-state index is -0.505. The maximum Gasteiger partial charge on any atom is 0.227 e. The SMILES string of the molecule is CN=C(NCC(C)(C)C(=O)NC)N1CCN(Cc2cc(OC)ccc2OC)CC1.I. The second kappa shape index (κ2) is 12.2. The quantitative estimate of drug-likeness (QED) is 0.316. The van der Waals surface area contributed by atoms with Gasteiger partial charge in [-0.25, -0.2) is 0 Å². The van der Waals surface area contributed by atoms with Gasteiger partial charge in [-0.1, -0.05) is 0 Å². The number of hydrogen-bond acceptors (Lipinski definition) is 5. The zero-order valence-corrected chi connectivity index (χ0v) is 21.3. The maximum absolute atomic E-state index is 12.0. The number of guanidine groups is 1. The number of rotatable bonds is 7. The molecule has 8 nitrogen and oxygen atoms in total. The van der Waals surface area contributed by atoms with Gasteiger partial charge in [0.15, 0.2) is 5.96 Å². The van der Waals surface area contributed by atoms with Gasteiger partial charge in [0, 0.05) is 58.9 Å². The highest BCUT2D eigenvalue weighted by Crippen LogP contribution is 2.25. The molecule has 2 N–H and O–H groups in total. The molecule has 1 aromatic carbocycles. The number of ether oxygens (including phenoxy) is 2. The van der Waals surface area contributed by atoms with E-state index in [9.17, 15) is 4.79 Å². The van der Waals surface area contributed by atoms with Gasteiger partial charge in [0.2, 0.25) is 5.91 Å². The zero-order chi connectivity index (χ0) is 21.4. The predicted octanol–water partition coefficient (Wildman–Crippen LogP) is 1.79. The van der Waals surface area contributed by atoms with Crippen LogP contribution in [0.2, 0.25) is 0 Å². The smallest absolute Gasteiger partial charge is 0.227 e. The van der Waals surface area contributed by atoms with Gasteiger partial charge in [0.05, 0.1) is 19.6 Å². The third-order valence-corrected chi connectivity index (χ3v) is 5.30. The molecule has 0 bridgehead atoms. The molecular weight excluding hydrogens is 497 g/mol. The van der Waals surface area contributed by atoms with E-state index < -0.39 is 5.41 Å². The van der Waals surface area contributed by atoms with Crippen molar-refractivity contribution in [1.82, 2.24) is 20.4 Å². The highest BCUT2D eigenvalue weighted by molar-refractivity contribution is 14.0. The molecule has 0 aromatic heterocycles. The van der Waals surface area contributed by atoms with Gasteiger partial charge in [-0.2, -0.15) is 0 Å². The third-order valence-electron chi connectivity index (χ3n) is 5.30. The molecule has 170 valence electrons. The molecule has 0 saturated carbocycles. The molecule has 0 spiro atoms. The Labute approximate surface area is 197 Å². The molecule has 1 fully saturated rings. The van der Waals surface area contributed by atoms with Crippen LogP contribution in [0.1, 0.15) is 19.4 Å². The number of amides is 1. The van der Waals surface area contributed by atoms with Crippen molar-refractivity contribution in [2.45, 2.75) is 20.4 Å². The van der Waals surface area contributed by atoms with Gasteiger partial charge in [-0.3, -0.25) is 14.7 Å². The Balaban J connectivity index is 0.00000450. The highest BCUT2D eigenvalue weighted by Gasteiger charge is 2.28. The summed E-state index contributed by atoms with van der Waals surface area (Å²) in [6, 6.07) is 5.90. The van der Waals surface area contributed by atoms with Crippen LogP contribution in [0, 0.1) is 5.41 Å². The summed E-state index contributed by atoms with van der Waals surface area (Å²) in [6.07, 6.45) is 0. The summed E-state index contributed by atoms with van der Waals surface area (Å²) in [7, 11) is 6.81. The van der Waals surface area contributed by atoms with Gasteiger partial charge >= 0.3 is 0 Å². The van der Waals surface area contributed by atoms with Gasteiger partial charge in [0.1, 0.15) is 11.5 Å². The van der Waals surface area contributed by atoms with Crippen LogP contribution < -0.4 is 20.1 Å². The van der Waals surface area contributed by atoms with Crippen molar-refractivity contribution < 1.29 is 14.3 Å². The lowest BCUT2D eigenvalue weighted by molar-refractivity contribution is -0.128. The number of nitrogens with one attached hydrogen (secondary N) is 2. The molecule has 1 aromatic rings. The van der Waals surface area contributed by atoms with Gasteiger partial charge in [-0.05, 0) is 32.0 Å². The Kier molecular flexibility index (Phi) is 10.7. The number of hydrogen-bond donors (Lipinski definition) is 2. The van der Waals surface area contributed by atoms with Crippen molar-refractivity contribution in [2.24, 2.45) is 10.4 Å². The summed E-state index contributed by atoms with van der Waals surface area (Å²) in [5.74, 6) is 2.56. The Morgan fingerprint density at radius 2 is 1.83 bits per heavy atom. The number of nitrogens with zero attached hydrogens (tertiary/aromatic N) is 3. The molecule has 1 aliphatic rings. The number of halogens is 1. The van der Waals surface area contributed by atoms with Crippen molar-refractivity contribution in [3.63, 3.8) is 0 Å². The lowest BCUT2D eigenvalue weighted by Gasteiger charge is -2.37. The molecule has 9 heteroatoms. The molecule has 1 saturated heterocycles. The Morgan fingerprint density at radius 3 is 2.37 bits per heavy atom. The van der Waals surface area contributed by atoms with Gasteiger partial charge in [0.25, 0.3) is 0 Å². The fourth-order valence-electron chi connectivity index (χ4n) is 3.42. The molecule has 2 rings (SSSR count). The van der Waals surface area contributed by atoms with Crippen LogP contribution in [0.25, 0.3) is 0 Å². The molecule has 0 radical (unpaired) electrons.